The molecule has 0 radical (unpaired) electrons. The molecule has 7 nitrogen and oxygen atoms in total. The number of aryl methyl sites for hydroxylation is 1. The lowest BCUT2D eigenvalue weighted by molar-refractivity contribution is -0.133. The van der Waals surface area contributed by atoms with Crippen LogP contribution in [0.3, 0.4) is 0 Å². The van der Waals surface area contributed by atoms with Gasteiger partial charge in [-0.1, -0.05) is 18.2 Å². The topological polar surface area (TPSA) is 77.7 Å². The number of methoxy groups -OCH3 is 2. The van der Waals surface area contributed by atoms with Gasteiger partial charge >= 0.3 is 0 Å². The first-order chi connectivity index (χ1) is 12.2. The van der Waals surface area contributed by atoms with Gasteiger partial charge in [0.2, 0.25) is 17.7 Å². The number of rotatable bonds is 7. The molecule has 0 bridgehead atoms. The second-order valence-electron chi connectivity index (χ2n) is 6.12. The van der Waals surface area contributed by atoms with Crippen LogP contribution in [0.1, 0.15) is 18.7 Å². The van der Waals surface area contributed by atoms with Gasteiger partial charge in [-0.2, -0.15) is 0 Å². The molecule has 1 amide bonds. The zero-order valence-electron chi connectivity index (χ0n) is 14.6. The number of likely N-dealkylation sites (tertiary alicyclic amines) is 1. The summed E-state index contributed by atoms with van der Waals surface area (Å²) in [6.45, 7) is 1.12. The van der Waals surface area contributed by atoms with E-state index < -0.39 is 0 Å². The van der Waals surface area contributed by atoms with Crippen LogP contribution < -0.4 is 0 Å². The molecule has 1 aliphatic rings. The van der Waals surface area contributed by atoms with E-state index in [1.807, 2.05) is 35.2 Å². The van der Waals surface area contributed by atoms with Crippen molar-refractivity contribution in [3.63, 3.8) is 0 Å². The molecule has 0 unspecified atom stereocenters. The lowest BCUT2D eigenvalue weighted by Crippen LogP contribution is -2.38. The second kappa shape index (κ2) is 8.22. The summed E-state index contributed by atoms with van der Waals surface area (Å²) >= 11 is 0. The first-order valence-corrected chi connectivity index (χ1v) is 8.40. The Kier molecular flexibility index (Phi) is 5.78. The van der Waals surface area contributed by atoms with Crippen LogP contribution in [0, 0.1) is 0 Å². The van der Waals surface area contributed by atoms with E-state index in [1.165, 1.54) is 0 Å². The Morgan fingerprint density at radius 3 is 2.80 bits per heavy atom. The number of carbonyl (C=O) groups is 1. The van der Waals surface area contributed by atoms with Gasteiger partial charge in [0.05, 0.1) is 18.8 Å². The van der Waals surface area contributed by atoms with E-state index in [2.05, 4.69) is 10.2 Å². The van der Waals surface area contributed by atoms with Crippen molar-refractivity contribution in [1.82, 2.24) is 15.1 Å². The number of ether oxygens (including phenoxy) is 2. The van der Waals surface area contributed by atoms with E-state index in [1.54, 1.807) is 14.2 Å². The van der Waals surface area contributed by atoms with Crippen molar-refractivity contribution < 1.29 is 18.7 Å². The number of nitrogens with zero attached hydrogens (tertiary/aromatic N) is 3. The minimum Gasteiger partial charge on any atom is -0.421 e. The van der Waals surface area contributed by atoms with Crippen LogP contribution in [0.4, 0.5) is 0 Å². The number of hydrogen-bond acceptors (Lipinski definition) is 6. The van der Waals surface area contributed by atoms with Gasteiger partial charge in [-0.25, -0.2) is 0 Å². The third-order valence-electron chi connectivity index (χ3n) is 4.43. The quantitative estimate of drug-likeness (QED) is 0.763. The number of carbonyl (C=O) groups excluding carboxylic acids is 1. The second-order valence-corrected chi connectivity index (χ2v) is 6.12. The molecule has 2 heterocycles. The summed E-state index contributed by atoms with van der Waals surface area (Å²) in [5.41, 5.74) is 0.871. The molecule has 1 aliphatic heterocycles. The highest BCUT2D eigenvalue weighted by Gasteiger charge is 2.35. The number of aromatic nitrogens is 2. The predicted octanol–water partition coefficient (Wildman–Crippen LogP) is 1.93. The molecule has 0 aliphatic carbocycles. The van der Waals surface area contributed by atoms with E-state index >= 15 is 0 Å². The maximum atomic E-state index is 12.6. The van der Waals surface area contributed by atoms with Crippen LogP contribution in [0.15, 0.2) is 34.7 Å². The Bertz CT molecular complexity index is 689. The average molecular weight is 345 g/mol. The zero-order chi connectivity index (χ0) is 17.6. The predicted molar refractivity (Wildman–Crippen MR) is 90.8 cm³/mol. The third kappa shape index (κ3) is 4.24. The molecule has 7 heteroatoms. The van der Waals surface area contributed by atoms with Crippen LogP contribution >= 0.6 is 0 Å². The van der Waals surface area contributed by atoms with Crippen LogP contribution in [-0.4, -0.2) is 60.5 Å². The molecule has 0 saturated carbocycles. The minimum atomic E-state index is 0.0565. The summed E-state index contributed by atoms with van der Waals surface area (Å²) < 4.78 is 16.3. The molecule has 1 aromatic heterocycles. The van der Waals surface area contributed by atoms with Crippen molar-refractivity contribution in [2.45, 2.75) is 31.4 Å². The van der Waals surface area contributed by atoms with Crippen LogP contribution in [-0.2, 0) is 20.7 Å². The Morgan fingerprint density at radius 1 is 1.28 bits per heavy atom. The van der Waals surface area contributed by atoms with Crippen molar-refractivity contribution in [2.75, 3.05) is 27.4 Å². The molecule has 2 atom stereocenters. The fourth-order valence-corrected chi connectivity index (χ4v) is 3.11. The summed E-state index contributed by atoms with van der Waals surface area (Å²) in [5, 5.41) is 8.09. The van der Waals surface area contributed by atoms with Crippen LogP contribution in [0.2, 0.25) is 0 Å². The summed E-state index contributed by atoms with van der Waals surface area (Å²) in [4.78, 5) is 14.4. The molecule has 0 spiro atoms. The minimum absolute atomic E-state index is 0.0565. The smallest absolute Gasteiger partial charge is 0.247 e. The van der Waals surface area contributed by atoms with Gasteiger partial charge in [-0.05, 0) is 18.6 Å². The lowest BCUT2D eigenvalue weighted by Gasteiger charge is -2.23. The summed E-state index contributed by atoms with van der Waals surface area (Å²) in [5.74, 6) is 1.000. The molecule has 25 heavy (non-hydrogen) atoms. The van der Waals surface area contributed by atoms with Gasteiger partial charge in [0, 0.05) is 39.2 Å². The number of benzene rings is 1. The number of hydrogen-bond donors (Lipinski definition) is 0. The molecular weight excluding hydrogens is 322 g/mol. The first-order valence-electron chi connectivity index (χ1n) is 8.40. The van der Waals surface area contributed by atoms with E-state index in [-0.39, 0.29) is 18.1 Å². The SMILES string of the molecule is COC[C@@H]1C[C@@H](OC)CN1C(=O)CCc1nnc(-c2ccccc2)o1. The van der Waals surface area contributed by atoms with Gasteiger partial charge in [0.15, 0.2) is 0 Å². The van der Waals surface area contributed by atoms with Crippen molar-refractivity contribution in [2.24, 2.45) is 0 Å². The fraction of sp³-hybridized carbons (Fsp3) is 0.500. The maximum Gasteiger partial charge on any atom is 0.247 e. The zero-order valence-corrected chi connectivity index (χ0v) is 14.6. The lowest BCUT2D eigenvalue weighted by atomic mass is 10.2. The molecule has 3 rings (SSSR count). The largest absolute Gasteiger partial charge is 0.421 e. The van der Waals surface area contributed by atoms with Gasteiger partial charge < -0.3 is 18.8 Å². The molecule has 1 fully saturated rings. The highest BCUT2D eigenvalue weighted by molar-refractivity contribution is 5.77. The normalized spacial score (nSPS) is 20.2. The summed E-state index contributed by atoms with van der Waals surface area (Å²) in [6, 6.07) is 9.64. The molecule has 1 saturated heterocycles. The van der Waals surface area contributed by atoms with Gasteiger partial charge in [-0.3, -0.25) is 4.79 Å². The Labute approximate surface area is 146 Å². The van der Waals surface area contributed by atoms with Crippen molar-refractivity contribution in [3.8, 4) is 11.5 Å². The number of amides is 1. The molecule has 2 aromatic rings. The molecule has 1 aromatic carbocycles. The Hall–Kier alpha value is -2.25. The van der Waals surface area contributed by atoms with E-state index in [0.717, 1.165) is 12.0 Å². The van der Waals surface area contributed by atoms with Gasteiger partial charge in [-0.15, -0.1) is 10.2 Å². The van der Waals surface area contributed by atoms with Crippen molar-refractivity contribution >= 4 is 5.91 Å². The van der Waals surface area contributed by atoms with Crippen molar-refractivity contribution in [3.05, 3.63) is 36.2 Å². The molecule has 134 valence electrons. The standard InChI is InChI=1S/C18H23N3O4/c1-23-12-14-10-15(24-2)11-21(14)17(22)9-8-16-19-20-18(25-16)13-6-4-3-5-7-13/h3-7,14-15H,8-12H2,1-2H3/t14-,15+/m0/s1. The van der Waals surface area contributed by atoms with Crippen LogP contribution in [0.25, 0.3) is 11.5 Å². The maximum absolute atomic E-state index is 12.6. The summed E-state index contributed by atoms with van der Waals surface area (Å²) in [7, 11) is 3.32. The summed E-state index contributed by atoms with van der Waals surface area (Å²) in [6.07, 6.45) is 1.62. The van der Waals surface area contributed by atoms with E-state index in [0.29, 0.717) is 37.8 Å². The Balaban J connectivity index is 1.58. The monoisotopic (exact) mass is 345 g/mol. The van der Waals surface area contributed by atoms with Crippen molar-refractivity contribution in [1.29, 1.82) is 0 Å². The van der Waals surface area contributed by atoms with E-state index in [9.17, 15) is 4.79 Å². The molecular formula is C18H23N3O4. The highest BCUT2D eigenvalue weighted by atomic mass is 16.5. The van der Waals surface area contributed by atoms with E-state index in [4.69, 9.17) is 13.9 Å². The van der Waals surface area contributed by atoms with Crippen LogP contribution in [0.5, 0.6) is 0 Å². The van der Waals surface area contributed by atoms with Gasteiger partial charge in [0.25, 0.3) is 0 Å². The highest BCUT2D eigenvalue weighted by Crippen LogP contribution is 2.22. The van der Waals surface area contributed by atoms with Gasteiger partial charge in [0.1, 0.15) is 0 Å². The fourth-order valence-electron chi connectivity index (χ4n) is 3.11. The Morgan fingerprint density at radius 2 is 2.08 bits per heavy atom. The third-order valence-corrected chi connectivity index (χ3v) is 4.43. The first kappa shape index (κ1) is 17.6. The average Bonchev–Trinajstić information content (AvgIpc) is 3.28. The molecule has 0 N–H and O–H groups in total.